The first-order valence-corrected chi connectivity index (χ1v) is 5.88. The highest BCUT2D eigenvalue weighted by molar-refractivity contribution is 7.98. The molecule has 0 amide bonds. The van der Waals surface area contributed by atoms with Gasteiger partial charge in [0.1, 0.15) is 6.04 Å². The van der Waals surface area contributed by atoms with Crippen LogP contribution in [-0.2, 0) is 9.53 Å². The Morgan fingerprint density at radius 2 is 2.31 bits per heavy atom. The van der Waals surface area contributed by atoms with Crippen LogP contribution in [-0.4, -0.2) is 31.1 Å². The second-order valence-electron chi connectivity index (χ2n) is 3.61. The number of thioether (sulfide) groups is 1. The molecule has 76 valence electrons. The van der Waals surface area contributed by atoms with Crippen molar-refractivity contribution < 1.29 is 9.53 Å². The first kappa shape index (κ1) is 10.9. The van der Waals surface area contributed by atoms with Gasteiger partial charge in [-0.1, -0.05) is 0 Å². The van der Waals surface area contributed by atoms with Crippen molar-refractivity contribution >= 4 is 17.7 Å². The van der Waals surface area contributed by atoms with Gasteiger partial charge in [0.2, 0.25) is 0 Å². The van der Waals surface area contributed by atoms with E-state index in [0.717, 1.165) is 25.0 Å². The van der Waals surface area contributed by atoms with Crippen molar-refractivity contribution in [2.24, 2.45) is 11.1 Å². The monoisotopic (exact) mass is 203 g/mol. The summed E-state index contributed by atoms with van der Waals surface area (Å²) in [6.07, 6.45) is 5.25. The zero-order valence-corrected chi connectivity index (χ0v) is 9.02. The van der Waals surface area contributed by atoms with Crippen LogP contribution in [0.2, 0.25) is 0 Å². The van der Waals surface area contributed by atoms with E-state index < -0.39 is 6.04 Å². The first-order valence-electron chi connectivity index (χ1n) is 4.48. The normalized spacial score (nSPS) is 20.8. The third-order valence-electron chi connectivity index (χ3n) is 2.81. The predicted molar refractivity (Wildman–Crippen MR) is 54.7 cm³/mol. The topological polar surface area (TPSA) is 52.3 Å². The molecule has 13 heavy (non-hydrogen) atoms. The van der Waals surface area contributed by atoms with Gasteiger partial charge < -0.3 is 10.5 Å². The Bertz CT molecular complexity index is 192. The fourth-order valence-corrected chi connectivity index (χ4v) is 2.17. The van der Waals surface area contributed by atoms with Gasteiger partial charge in [-0.15, -0.1) is 0 Å². The van der Waals surface area contributed by atoms with Crippen LogP contribution in [0.15, 0.2) is 0 Å². The molecular weight excluding hydrogens is 186 g/mol. The van der Waals surface area contributed by atoms with Crippen molar-refractivity contribution in [1.29, 1.82) is 0 Å². The van der Waals surface area contributed by atoms with Crippen LogP contribution in [0.3, 0.4) is 0 Å². The summed E-state index contributed by atoms with van der Waals surface area (Å²) in [6.45, 7) is 0. The van der Waals surface area contributed by atoms with Crippen LogP contribution in [0.4, 0.5) is 0 Å². The number of nitrogens with two attached hydrogens (primary N) is 1. The summed E-state index contributed by atoms with van der Waals surface area (Å²) >= 11 is 1.80. The Labute approximate surface area is 83.4 Å². The van der Waals surface area contributed by atoms with E-state index in [-0.39, 0.29) is 11.4 Å². The van der Waals surface area contributed by atoms with Crippen LogP contribution in [0, 0.1) is 5.41 Å². The quantitative estimate of drug-likeness (QED) is 0.678. The summed E-state index contributed by atoms with van der Waals surface area (Å²) in [5.74, 6) is 0.809. The summed E-state index contributed by atoms with van der Waals surface area (Å²) in [5.41, 5.74) is 5.89. The number of esters is 1. The molecule has 0 saturated heterocycles. The van der Waals surface area contributed by atoms with Crippen molar-refractivity contribution in [1.82, 2.24) is 0 Å². The predicted octanol–water partition coefficient (Wildman–Crippen LogP) is 1.02. The number of hydrogen-bond donors (Lipinski definition) is 1. The smallest absolute Gasteiger partial charge is 0.323 e. The summed E-state index contributed by atoms with van der Waals surface area (Å²) in [5, 5.41) is 0. The molecule has 1 atom stereocenters. The van der Waals surface area contributed by atoms with Gasteiger partial charge in [-0.2, -0.15) is 11.8 Å². The molecule has 0 radical (unpaired) electrons. The van der Waals surface area contributed by atoms with Gasteiger partial charge in [0.25, 0.3) is 0 Å². The molecule has 1 saturated carbocycles. The maximum absolute atomic E-state index is 11.2. The first-order chi connectivity index (χ1) is 6.16. The molecule has 0 aromatic carbocycles. The van der Waals surface area contributed by atoms with E-state index >= 15 is 0 Å². The number of rotatable bonds is 5. The molecule has 2 N–H and O–H groups in total. The average molecular weight is 203 g/mol. The third-order valence-corrected chi connectivity index (χ3v) is 3.42. The highest BCUT2D eigenvalue weighted by atomic mass is 32.2. The molecule has 0 heterocycles. The molecule has 4 heteroatoms. The van der Waals surface area contributed by atoms with E-state index in [1.54, 1.807) is 11.8 Å². The Hall–Kier alpha value is -0.220. The Balaban J connectivity index is 2.44. The molecule has 1 aliphatic carbocycles. The van der Waals surface area contributed by atoms with E-state index in [1.165, 1.54) is 7.11 Å². The summed E-state index contributed by atoms with van der Waals surface area (Å²) in [4.78, 5) is 11.2. The van der Waals surface area contributed by atoms with Crippen molar-refractivity contribution in [2.45, 2.75) is 25.3 Å². The van der Waals surface area contributed by atoms with E-state index in [0.29, 0.717) is 0 Å². The molecule has 0 spiro atoms. The Kier molecular flexibility index (Phi) is 3.62. The average Bonchev–Trinajstić information content (AvgIpc) is 2.93. The molecular formula is C9H17NO2S. The van der Waals surface area contributed by atoms with Gasteiger partial charge >= 0.3 is 5.97 Å². The second-order valence-corrected chi connectivity index (χ2v) is 4.59. The number of carbonyl (C=O) groups excluding carboxylic acids is 1. The molecule has 0 aromatic rings. The molecule has 1 fully saturated rings. The lowest BCUT2D eigenvalue weighted by Gasteiger charge is -2.20. The van der Waals surface area contributed by atoms with Gasteiger partial charge in [-0.3, -0.25) is 4.79 Å². The standard InChI is InChI=1S/C9H17NO2S/c1-12-8(11)7(10)9(3-4-9)5-6-13-2/h7H,3-6,10H2,1-2H3. The number of ether oxygens (including phenoxy) is 1. The van der Waals surface area contributed by atoms with Crippen molar-refractivity contribution in [2.75, 3.05) is 19.1 Å². The summed E-state index contributed by atoms with van der Waals surface area (Å²) in [6, 6.07) is -0.412. The molecule has 1 unspecified atom stereocenters. The zero-order chi connectivity index (χ0) is 9.90. The van der Waals surface area contributed by atoms with Gasteiger partial charge in [0, 0.05) is 0 Å². The highest BCUT2D eigenvalue weighted by Crippen LogP contribution is 2.51. The van der Waals surface area contributed by atoms with E-state index in [9.17, 15) is 4.79 Å². The lowest BCUT2D eigenvalue weighted by atomic mass is 9.94. The van der Waals surface area contributed by atoms with Gasteiger partial charge in [0.15, 0.2) is 0 Å². The van der Waals surface area contributed by atoms with E-state index in [4.69, 9.17) is 5.73 Å². The molecule has 3 nitrogen and oxygen atoms in total. The molecule has 1 aliphatic rings. The largest absolute Gasteiger partial charge is 0.468 e. The lowest BCUT2D eigenvalue weighted by molar-refractivity contribution is -0.144. The number of carbonyl (C=O) groups is 1. The number of hydrogen-bond acceptors (Lipinski definition) is 4. The van der Waals surface area contributed by atoms with Crippen LogP contribution in [0.25, 0.3) is 0 Å². The molecule has 0 aromatic heterocycles. The third kappa shape index (κ3) is 2.38. The second kappa shape index (κ2) is 4.33. The minimum Gasteiger partial charge on any atom is -0.468 e. The minimum absolute atomic E-state index is 0.0656. The zero-order valence-electron chi connectivity index (χ0n) is 8.21. The summed E-state index contributed by atoms with van der Waals surface area (Å²) in [7, 11) is 1.40. The fourth-order valence-electron chi connectivity index (χ4n) is 1.56. The Morgan fingerprint density at radius 1 is 1.69 bits per heavy atom. The van der Waals surface area contributed by atoms with Gasteiger partial charge in [-0.25, -0.2) is 0 Å². The van der Waals surface area contributed by atoms with Crippen LogP contribution in [0.5, 0.6) is 0 Å². The molecule has 0 bridgehead atoms. The van der Waals surface area contributed by atoms with Gasteiger partial charge in [0.05, 0.1) is 7.11 Å². The van der Waals surface area contributed by atoms with Crippen LogP contribution in [0.1, 0.15) is 19.3 Å². The van der Waals surface area contributed by atoms with E-state index in [2.05, 4.69) is 11.0 Å². The molecule has 1 rings (SSSR count). The van der Waals surface area contributed by atoms with Crippen molar-refractivity contribution in [3.8, 4) is 0 Å². The van der Waals surface area contributed by atoms with Crippen molar-refractivity contribution in [3.63, 3.8) is 0 Å². The maximum atomic E-state index is 11.2. The maximum Gasteiger partial charge on any atom is 0.323 e. The SMILES string of the molecule is COC(=O)C(N)C1(CCSC)CC1. The highest BCUT2D eigenvalue weighted by Gasteiger charge is 2.50. The minimum atomic E-state index is -0.412. The van der Waals surface area contributed by atoms with Crippen molar-refractivity contribution in [3.05, 3.63) is 0 Å². The number of methoxy groups -OCH3 is 1. The lowest BCUT2D eigenvalue weighted by Crippen LogP contribution is -2.40. The molecule has 0 aliphatic heterocycles. The van der Waals surface area contributed by atoms with Gasteiger partial charge in [-0.05, 0) is 36.7 Å². The van der Waals surface area contributed by atoms with Crippen LogP contribution < -0.4 is 5.73 Å². The Morgan fingerprint density at radius 3 is 2.69 bits per heavy atom. The van der Waals surface area contributed by atoms with E-state index in [1.807, 2.05) is 0 Å². The van der Waals surface area contributed by atoms with Crippen LogP contribution >= 0.6 is 11.8 Å². The summed E-state index contributed by atoms with van der Waals surface area (Å²) < 4.78 is 4.65. The fraction of sp³-hybridized carbons (Fsp3) is 0.889.